The molecule has 0 aromatic heterocycles. The number of fused-ring (bicyclic) bond motifs is 1. The van der Waals surface area contributed by atoms with Crippen LogP contribution in [0.3, 0.4) is 0 Å². The van der Waals surface area contributed by atoms with Crippen LogP contribution in [0.5, 0.6) is 0 Å². The molecule has 1 aliphatic rings. The summed E-state index contributed by atoms with van der Waals surface area (Å²) in [5, 5.41) is 2.76. The van der Waals surface area contributed by atoms with Gasteiger partial charge in [-0.1, -0.05) is 29.8 Å². The van der Waals surface area contributed by atoms with Gasteiger partial charge < -0.3 is 5.32 Å². The lowest BCUT2D eigenvalue weighted by Gasteiger charge is -2.11. The third kappa shape index (κ3) is 3.40. The Bertz CT molecular complexity index is 930. The Balaban J connectivity index is 2.02. The fourth-order valence-electron chi connectivity index (χ4n) is 2.13. The summed E-state index contributed by atoms with van der Waals surface area (Å²) in [6, 6.07) is 11.3. The van der Waals surface area contributed by atoms with Gasteiger partial charge in [0.1, 0.15) is 4.90 Å². The van der Waals surface area contributed by atoms with Gasteiger partial charge in [-0.25, -0.2) is 13.1 Å². The van der Waals surface area contributed by atoms with Crippen molar-refractivity contribution in [3.05, 3.63) is 53.1 Å². The number of hydrogen-bond acceptors (Lipinski definition) is 5. The topological polar surface area (TPSA) is 92.3 Å². The second kappa shape index (κ2) is 6.46. The van der Waals surface area contributed by atoms with Crippen molar-refractivity contribution in [2.24, 2.45) is 0 Å². The van der Waals surface area contributed by atoms with Gasteiger partial charge in [-0.15, -0.1) is 11.8 Å². The predicted molar refractivity (Wildman–Crippen MR) is 91.9 cm³/mol. The molecular weight excluding hydrogens is 372 g/mol. The van der Waals surface area contributed by atoms with Gasteiger partial charge in [0.15, 0.2) is 0 Å². The van der Waals surface area contributed by atoms with Crippen LogP contribution in [0.25, 0.3) is 0 Å². The van der Waals surface area contributed by atoms with E-state index in [9.17, 15) is 18.0 Å². The van der Waals surface area contributed by atoms with Crippen molar-refractivity contribution in [1.29, 1.82) is 0 Å². The predicted octanol–water partition coefficient (Wildman–Crippen LogP) is 2.50. The molecule has 0 unspecified atom stereocenters. The second-order valence-corrected chi connectivity index (χ2v) is 7.99. The molecule has 0 fully saturated rings. The lowest BCUT2D eigenvalue weighted by Crippen LogP contribution is -2.30. The molecule has 1 aliphatic heterocycles. The smallest absolute Gasteiger partial charge is 0.265 e. The molecule has 9 heteroatoms. The van der Waals surface area contributed by atoms with E-state index in [-0.39, 0.29) is 21.2 Å². The van der Waals surface area contributed by atoms with Crippen molar-refractivity contribution in [3.63, 3.8) is 0 Å². The SMILES string of the molecule is O=C1CSc2cc(Cl)c(C(=O)Nc3ccccc3)cc2S(=O)(=O)N1. The number of nitrogens with one attached hydrogen (secondary N) is 2. The molecule has 2 aromatic rings. The zero-order valence-corrected chi connectivity index (χ0v) is 14.5. The Labute approximate surface area is 147 Å². The highest BCUT2D eigenvalue weighted by atomic mass is 35.5. The van der Waals surface area contributed by atoms with Gasteiger partial charge in [-0.05, 0) is 24.3 Å². The fraction of sp³-hybridized carbons (Fsp3) is 0.0667. The molecule has 24 heavy (non-hydrogen) atoms. The number of sulfonamides is 1. The first kappa shape index (κ1) is 16.8. The highest BCUT2D eigenvalue weighted by Gasteiger charge is 2.28. The van der Waals surface area contributed by atoms with E-state index in [1.165, 1.54) is 12.1 Å². The monoisotopic (exact) mass is 382 g/mol. The number of carbonyl (C=O) groups is 2. The van der Waals surface area contributed by atoms with Gasteiger partial charge in [0.25, 0.3) is 15.9 Å². The van der Waals surface area contributed by atoms with Gasteiger partial charge >= 0.3 is 0 Å². The van der Waals surface area contributed by atoms with Crippen LogP contribution in [0.15, 0.2) is 52.3 Å². The Hall–Kier alpha value is -2.03. The van der Waals surface area contributed by atoms with Crippen LogP contribution in [-0.4, -0.2) is 26.0 Å². The lowest BCUT2D eigenvalue weighted by atomic mass is 10.2. The van der Waals surface area contributed by atoms with Crippen molar-refractivity contribution in [3.8, 4) is 0 Å². The standard InChI is InChI=1S/C15H11ClN2O4S2/c16-11-7-12-13(24(21,22)18-14(19)8-23-12)6-10(11)15(20)17-9-4-2-1-3-5-9/h1-7H,8H2,(H,17,20)(H,18,19). The normalized spacial score (nSPS) is 15.8. The van der Waals surface area contributed by atoms with Crippen LogP contribution in [0.4, 0.5) is 5.69 Å². The Morgan fingerprint density at radius 3 is 2.62 bits per heavy atom. The molecular formula is C15H11ClN2O4S2. The molecule has 0 saturated heterocycles. The summed E-state index contributed by atoms with van der Waals surface area (Å²) in [4.78, 5) is 24.1. The molecule has 3 rings (SSSR count). The van der Waals surface area contributed by atoms with E-state index in [1.54, 1.807) is 30.3 Å². The minimum Gasteiger partial charge on any atom is -0.322 e. The maximum atomic E-state index is 12.4. The van der Waals surface area contributed by atoms with Crippen molar-refractivity contribution in [2.45, 2.75) is 9.79 Å². The summed E-state index contributed by atoms with van der Waals surface area (Å²) >= 11 is 7.18. The number of benzene rings is 2. The Morgan fingerprint density at radius 1 is 1.21 bits per heavy atom. The number of amides is 2. The summed E-state index contributed by atoms with van der Waals surface area (Å²) < 4.78 is 26.4. The van der Waals surface area contributed by atoms with E-state index in [2.05, 4.69) is 5.32 Å². The molecule has 0 spiro atoms. The molecule has 0 radical (unpaired) electrons. The summed E-state index contributed by atoms with van der Waals surface area (Å²) in [6.45, 7) is 0. The van der Waals surface area contributed by atoms with E-state index in [0.29, 0.717) is 10.6 Å². The van der Waals surface area contributed by atoms with Crippen molar-refractivity contribution in [1.82, 2.24) is 4.72 Å². The first-order valence-corrected chi connectivity index (χ1v) is 9.60. The second-order valence-electron chi connectivity index (χ2n) is 4.92. The number of anilines is 1. The Kier molecular flexibility index (Phi) is 4.53. The van der Waals surface area contributed by atoms with Crippen LogP contribution >= 0.6 is 23.4 Å². The van der Waals surface area contributed by atoms with Crippen molar-refractivity contribution < 1.29 is 18.0 Å². The molecule has 6 nitrogen and oxygen atoms in total. The third-order valence-electron chi connectivity index (χ3n) is 3.21. The summed E-state index contributed by atoms with van der Waals surface area (Å²) in [7, 11) is -4.03. The highest BCUT2D eigenvalue weighted by Crippen LogP contribution is 2.34. The molecule has 2 N–H and O–H groups in total. The van der Waals surface area contributed by atoms with Crippen LogP contribution < -0.4 is 10.0 Å². The largest absolute Gasteiger partial charge is 0.322 e. The van der Waals surface area contributed by atoms with E-state index in [1.807, 2.05) is 4.72 Å². The zero-order chi connectivity index (χ0) is 17.3. The molecule has 124 valence electrons. The highest BCUT2D eigenvalue weighted by molar-refractivity contribution is 8.01. The number of halogens is 1. The van der Waals surface area contributed by atoms with Crippen molar-refractivity contribution in [2.75, 3.05) is 11.1 Å². The maximum Gasteiger partial charge on any atom is 0.265 e. The molecule has 0 aliphatic carbocycles. The third-order valence-corrected chi connectivity index (χ3v) is 6.12. The molecule has 2 aromatic carbocycles. The fourth-order valence-corrected chi connectivity index (χ4v) is 4.88. The van der Waals surface area contributed by atoms with Gasteiger partial charge in [0.2, 0.25) is 5.91 Å². The van der Waals surface area contributed by atoms with E-state index < -0.39 is 21.8 Å². The van der Waals surface area contributed by atoms with Gasteiger partial charge in [0.05, 0.1) is 16.3 Å². The van der Waals surface area contributed by atoms with E-state index >= 15 is 0 Å². The summed E-state index contributed by atoms with van der Waals surface area (Å²) in [5.74, 6) is -1.20. The van der Waals surface area contributed by atoms with E-state index in [0.717, 1.165) is 11.8 Å². The van der Waals surface area contributed by atoms with Crippen molar-refractivity contribution >= 4 is 50.9 Å². The minimum atomic E-state index is -4.03. The number of thioether (sulfide) groups is 1. The molecule has 0 bridgehead atoms. The summed E-state index contributed by atoms with van der Waals surface area (Å²) in [6.07, 6.45) is 0. The zero-order valence-electron chi connectivity index (χ0n) is 12.1. The Morgan fingerprint density at radius 2 is 1.92 bits per heavy atom. The number of para-hydroxylation sites is 1. The van der Waals surface area contributed by atoms with Crippen LogP contribution in [-0.2, 0) is 14.8 Å². The van der Waals surface area contributed by atoms with Crippen LogP contribution in [0.1, 0.15) is 10.4 Å². The lowest BCUT2D eigenvalue weighted by molar-refractivity contribution is -0.116. The van der Waals surface area contributed by atoms with Gasteiger partial charge in [-0.2, -0.15) is 0 Å². The quantitative estimate of drug-likeness (QED) is 0.832. The van der Waals surface area contributed by atoms with E-state index in [4.69, 9.17) is 11.6 Å². The molecule has 0 atom stereocenters. The molecule has 1 heterocycles. The van der Waals surface area contributed by atoms with Gasteiger partial charge in [-0.3, -0.25) is 9.59 Å². The first-order chi connectivity index (χ1) is 11.4. The summed E-state index contributed by atoms with van der Waals surface area (Å²) in [5.41, 5.74) is 0.568. The number of rotatable bonds is 2. The van der Waals surface area contributed by atoms with Crippen LogP contribution in [0, 0.1) is 0 Å². The first-order valence-electron chi connectivity index (χ1n) is 6.75. The molecule has 2 amide bonds. The van der Waals surface area contributed by atoms with Crippen LogP contribution in [0.2, 0.25) is 5.02 Å². The average molecular weight is 383 g/mol. The maximum absolute atomic E-state index is 12.4. The minimum absolute atomic E-state index is 0.0135. The molecule has 0 saturated carbocycles. The van der Waals surface area contributed by atoms with Gasteiger partial charge in [0, 0.05) is 10.6 Å². The average Bonchev–Trinajstić information content (AvgIpc) is 2.63. The number of carbonyl (C=O) groups excluding carboxylic acids is 2. The number of hydrogen-bond donors (Lipinski definition) is 2.